The monoisotopic (exact) mass is 376 g/mol. The number of hydrogen-bond acceptors (Lipinski definition) is 2. The van der Waals surface area contributed by atoms with Gasteiger partial charge in [0.05, 0.1) is 0 Å². The van der Waals surface area contributed by atoms with E-state index in [-0.39, 0.29) is 11.8 Å². The topological polar surface area (TPSA) is 67.1 Å². The van der Waals surface area contributed by atoms with Gasteiger partial charge >= 0.3 is 0 Å². The molecule has 1 fully saturated rings. The van der Waals surface area contributed by atoms with Gasteiger partial charge in [-0.2, -0.15) is 0 Å². The van der Waals surface area contributed by atoms with Gasteiger partial charge in [-0.1, -0.05) is 38.1 Å². The lowest BCUT2D eigenvalue weighted by Crippen LogP contribution is -3.28. The molecule has 1 aliphatic rings. The fourth-order valence-corrected chi connectivity index (χ4v) is 3.53. The average Bonchev–Trinajstić information content (AvgIpc) is 2.64. The highest BCUT2D eigenvalue weighted by Crippen LogP contribution is 2.14. The van der Waals surface area contributed by atoms with E-state index < -0.39 is 6.04 Å². The zero-order valence-corrected chi connectivity index (χ0v) is 17.2. The number of amides is 2. The summed E-state index contributed by atoms with van der Waals surface area (Å²) in [6.07, 6.45) is 0. The Bertz CT molecular complexity index is 607. The summed E-state index contributed by atoms with van der Waals surface area (Å²) in [4.78, 5) is 26.8. The molecule has 0 spiro atoms. The number of likely N-dealkylation sites (N-methyl/N-ethyl adjacent to an activating group) is 1. The van der Waals surface area contributed by atoms with E-state index in [1.54, 1.807) is 11.8 Å². The number of nitrogens with one attached hydrogen (secondary N) is 4. The molecule has 1 aliphatic heterocycles. The predicted molar refractivity (Wildman–Crippen MR) is 107 cm³/mol. The van der Waals surface area contributed by atoms with Crippen molar-refractivity contribution in [1.82, 2.24) is 10.6 Å². The molecule has 27 heavy (non-hydrogen) atoms. The molecule has 2 rings (SSSR count). The lowest BCUT2D eigenvalue weighted by molar-refractivity contribution is -1.02. The molecule has 150 valence electrons. The second-order valence-electron chi connectivity index (χ2n) is 7.93. The highest BCUT2D eigenvalue weighted by atomic mass is 16.2. The maximum absolute atomic E-state index is 12.2. The minimum absolute atomic E-state index is 0.0449. The summed E-state index contributed by atoms with van der Waals surface area (Å²) in [5.41, 5.74) is 2.77. The average molecular weight is 377 g/mol. The molecule has 1 heterocycles. The van der Waals surface area contributed by atoms with Gasteiger partial charge in [-0.25, -0.2) is 0 Å². The normalized spacial score (nSPS) is 20.9. The summed E-state index contributed by atoms with van der Waals surface area (Å²) in [6.45, 7) is 14.2. The molecular weight excluding hydrogens is 340 g/mol. The zero-order chi connectivity index (χ0) is 19.8. The van der Waals surface area contributed by atoms with Crippen molar-refractivity contribution in [2.75, 3.05) is 39.3 Å². The van der Waals surface area contributed by atoms with E-state index >= 15 is 0 Å². The van der Waals surface area contributed by atoms with Crippen LogP contribution in [0.15, 0.2) is 24.3 Å². The van der Waals surface area contributed by atoms with Crippen molar-refractivity contribution in [3.05, 3.63) is 35.4 Å². The molecule has 0 radical (unpaired) electrons. The van der Waals surface area contributed by atoms with Gasteiger partial charge in [0.1, 0.15) is 38.8 Å². The Labute approximate surface area is 163 Å². The first-order valence-corrected chi connectivity index (χ1v) is 10.2. The number of carbonyl (C=O) groups excluding carboxylic acids is 2. The molecule has 0 aliphatic carbocycles. The summed E-state index contributed by atoms with van der Waals surface area (Å²) in [7, 11) is 0. The summed E-state index contributed by atoms with van der Waals surface area (Å²) in [5, 5.41) is 5.53. The predicted octanol–water partition coefficient (Wildman–Crippen LogP) is -1.27. The highest BCUT2D eigenvalue weighted by molar-refractivity contribution is 5.87. The third kappa shape index (κ3) is 6.96. The smallest absolute Gasteiger partial charge is 0.275 e. The number of quaternary nitrogens is 2. The van der Waals surface area contributed by atoms with Crippen molar-refractivity contribution in [3.8, 4) is 0 Å². The van der Waals surface area contributed by atoms with Gasteiger partial charge in [-0.15, -0.1) is 0 Å². The molecule has 0 aromatic heterocycles. The molecule has 2 amide bonds. The largest absolute Gasteiger partial charge is 0.355 e. The van der Waals surface area contributed by atoms with Crippen molar-refractivity contribution >= 4 is 11.8 Å². The van der Waals surface area contributed by atoms with Crippen LogP contribution in [0, 0.1) is 0 Å². The molecule has 1 atom stereocenters. The summed E-state index contributed by atoms with van der Waals surface area (Å²) in [5.74, 6) is 0.399. The van der Waals surface area contributed by atoms with Gasteiger partial charge < -0.3 is 20.4 Å². The quantitative estimate of drug-likeness (QED) is 0.457. The number of rotatable bonds is 8. The second-order valence-corrected chi connectivity index (χ2v) is 7.93. The summed E-state index contributed by atoms with van der Waals surface area (Å²) in [6, 6.07) is 8.50. The maximum atomic E-state index is 12.2. The molecule has 1 aromatic rings. The van der Waals surface area contributed by atoms with Crippen LogP contribution in [0.25, 0.3) is 0 Å². The Morgan fingerprint density at radius 3 is 2.15 bits per heavy atom. The van der Waals surface area contributed by atoms with E-state index in [4.69, 9.17) is 0 Å². The molecule has 6 nitrogen and oxygen atoms in total. The van der Waals surface area contributed by atoms with Crippen molar-refractivity contribution in [2.45, 2.75) is 46.2 Å². The third-order valence-corrected chi connectivity index (χ3v) is 5.30. The summed E-state index contributed by atoms with van der Waals surface area (Å²) < 4.78 is 0. The fraction of sp³-hybridized carbons (Fsp3) is 0.619. The Morgan fingerprint density at radius 1 is 1.00 bits per heavy atom. The van der Waals surface area contributed by atoms with E-state index in [9.17, 15) is 9.59 Å². The van der Waals surface area contributed by atoms with Crippen LogP contribution in [-0.2, 0) is 16.1 Å². The lowest BCUT2D eigenvalue weighted by atomic mass is 10.0. The second kappa shape index (κ2) is 10.4. The van der Waals surface area contributed by atoms with Crippen LogP contribution < -0.4 is 20.4 Å². The van der Waals surface area contributed by atoms with Crippen LogP contribution in [0.3, 0.4) is 0 Å². The molecule has 1 aromatic carbocycles. The van der Waals surface area contributed by atoms with Crippen LogP contribution >= 0.6 is 0 Å². The highest BCUT2D eigenvalue weighted by Gasteiger charge is 2.26. The number of carbonyl (C=O) groups is 2. The van der Waals surface area contributed by atoms with E-state index in [1.807, 2.05) is 6.92 Å². The van der Waals surface area contributed by atoms with Crippen LogP contribution in [0.4, 0.5) is 0 Å². The summed E-state index contributed by atoms with van der Waals surface area (Å²) >= 11 is 0. The molecule has 0 unspecified atom stereocenters. The van der Waals surface area contributed by atoms with Crippen LogP contribution in [0.5, 0.6) is 0 Å². The zero-order valence-electron chi connectivity index (χ0n) is 17.2. The van der Waals surface area contributed by atoms with E-state index in [0.717, 1.165) is 32.7 Å². The van der Waals surface area contributed by atoms with Gasteiger partial charge in [0.25, 0.3) is 5.91 Å². The van der Waals surface area contributed by atoms with Crippen LogP contribution in [-0.4, -0.2) is 57.1 Å². The minimum Gasteiger partial charge on any atom is -0.355 e. The first kappa shape index (κ1) is 21.4. The minimum atomic E-state index is -0.474. The molecule has 6 heteroatoms. The first-order chi connectivity index (χ1) is 12.9. The molecule has 0 bridgehead atoms. The van der Waals surface area contributed by atoms with Crippen molar-refractivity contribution in [2.24, 2.45) is 0 Å². The molecule has 4 N–H and O–H groups in total. The third-order valence-electron chi connectivity index (χ3n) is 5.30. The van der Waals surface area contributed by atoms with E-state index in [2.05, 4.69) is 48.7 Å². The van der Waals surface area contributed by atoms with Crippen LogP contribution in [0.1, 0.15) is 44.7 Å². The van der Waals surface area contributed by atoms with E-state index in [0.29, 0.717) is 19.0 Å². The molecule has 0 saturated carbocycles. The van der Waals surface area contributed by atoms with Gasteiger partial charge in [0.2, 0.25) is 5.91 Å². The van der Waals surface area contributed by atoms with Gasteiger partial charge in [0, 0.05) is 12.1 Å². The lowest BCUT2D eigenvalue weighted by Gasteiger charge is -2.29. The first-order valence-electron chi connectivity index (χ1n) is 10.2. The SMILES string of the molecule is CCNC(=O)[C@H](C)NC(=O)C[NH+]1CC[NH+](Cc2ccc(C(C)C)cc2)CC1. The molecular formula is C21H36N4O2+2. The molecule has 1 saturated heterocycles. The number of piperazine rings is 1. The van der Waals surface area contributed by atoms with Crippen molar-refractivity contribution in [3.63, 3.8) is 0 Å². The van der Waals surface area contributed by atoms with Crippen LogP contribution in [0.2, 0.25) is 0 Å². The maximum Gasteiger partial charge on any atom is 0.275 e. The number of hydrogen-bond donors (Lipinski definition) is 4. The van der Waals surface area contributed by atoms with Gasteiger partial charge in [0.15, 0.2) is 6.54 Å². The Morgan fingerprint density at radius 2 is 1.59 bits per heavy atom. The van der Waals surface area contributed by atoms with Crippen molar-refractivity contribution in [1.29, 1.82) is 0 Å². The fourth-order valence-electron chi connectivity index (χ4n) is 3.53. The van der Waals surface area contributed by atoms with Gasteiger partial charge in [-0.05, 0) is 25.3 Å². The number of benzene rings is 1. The van der Waals surface area contributed by atoms with E-state index in [1.165, 1.54) is 16.0 Å². The Kier molecular flexibility index (Phi) is 8.25. The van der Waals surface area contributed by atoms with Gasteiger partial charge in [-0.3, -0.25) is 9.59 Å². The Hall–Kier alpha value is -1.92. The van der Waals surface area contributed by atoms with Crippen molar-refractivity contribution < 1.29 is 19.4 Å². The Balaban J connectivity index is 1.71. The standard InChI is InChI=1S/C21H34N4O2/c1-5-22-21(27)17(4)23-20(26)15-25-12-10-24(11-13-25)14-18-6-8-19(9-7-18)16(2)3/h6-9,16-17H,5,10-15H2,1-4H3,(H,22,27)(H,23,26)/p+2/t17-/m0/s1.